The number of methoxy groups -OCH3 is 1. The van der Waals surface area contributed by atoms with Crippen LogP contribution in [0, 0.1) is 0 Å². The lowest BCUT2D eigenvalue weighted by Crippen LogP contribution is -2.62. The average Bonchev–Trinajstić information content (AvgIpc) is 2.28. The predicted octanol–water partition coefficient (Wildman–Crippen LogP) is 0.725. The second-order valence-electron chi connectivity index (χ2n) is 4.49. The van der Waals surface area contributed by atoms with Crippen molar-refractivity contribution in [1.82, 2.24) is 5.32 Å². The molecule has 1 heterocycles. The fourth-order valence-electron chi connectivity index (χ4n) is 1.63. The Morgan fingerprint density at radius 1 is 1.35 bits per heavy atom. The Morgan fingerprint density at radius 3 is 2.65 bits per heavy atom. The summed E-state index contributed by atoms with van der Waals surface area (Å²) in [6.45, 7) is 2.39. The molecule has 1 rings (SSSR count). The van der Waals surface area contributed by atoms with Crippen LogP contribution in [0.5, 0.6) is 0 Å². The van der Waals surface area contributed by atoms with E-state index < -0.39 is 0 Å². The van der Waals surface area contributed by atoms with Crippen LogP contribution >= 0.6 is 0 Å². The molecule has 5 heteroatoms. The van der Waals surface area contributed by atoms with Crippen molar-refractivity contribution >= 4 is 5.97 Å². The molecule has 1 saturated heterocycles. The zero-order valence-electron chi connectivity index (χ0n) is 10.8. The fraction of sp³-hybridized carbons (Fsp3) is 0.917. The van der Waals surface area contributed by atoms with Crippen LogP contribution in [-0.2, 0) is 19.0 Å². The molecule has 1 aliphatic rings. The van der Waals surface area contributed by atoms with Crippen LogP contribution in [0.3, 0.4) is 0 Å². The Labute approximate surface area is 103 Å². The molecule has 0 aromatic heterocycles. The topological polar surface area (TPSA) is 56.8 Å². The highest BCUT2D eigenvalue weighted by molar-refractivity contribution is 5.69. The summed E-state index contributed by atoms with van der Waals surface area (Å²) < 4.78 is 15.3. The van der Waals surface area contributed by atoms with Crippen molar-refractivity contribution in [2.75, 3.05) is 40.6 Å². The minimum absolute atomic E-state index is 0.121. The van der Waals surface area contributed by atoms with Crippen molar-refractivity contribution in [3.63, 3.8) is 0 Å². The van der Waals surface area contributed by atoms with Crippen molar-refractivity contribution in [3.8, 4) is 0 Å². The zero-order chi connectivity index (χ0) is 12.6. The van der Waals surface area contributed by atoms with E-state index in [1.165, 1.54) is 0 Å². The number of ether oxygens (including phenoxy) is 3. The Morgan fingerprint density at radius 2 is 2.12 bits per heavy atom. The number of carbonyl (C=O) groups is 1. The first-order valence-corrected chi connectivity index (χ1v) is 6.14. The Kier molecular flexibility index (Phi) is 6.47. The van der Waals surface area contributed by atoms with Crippen LogP contribution < -0.4 is 5.32 Å². The standard InChI is InChI=1S/C12H23NO4/c1-13-12(8-16-9-12)10-17-11(14)6-4-3-5-7-15-2/h13H,3-10H2,1-2H3. The minimum Gasteiger partial charge on any atom is -0.464 e. The van der Waals surface area contributed by atoms with Gasteiger partial charge in [0.15, 0.2) is 0 Å². The summed E-state index contributed by atoms with van der Waals surface area (Å²) in [7, 11) is 3.55. The van der Waals surface area contributed by atoms with Crippen LogP contribution in [0.15, 0.2) is 0 Å². The summed E-state index contributed by atoms with van der Waals surface area (Å²) >= 11 is 0. The highest BCUT2D eigenvalue weighted by atomic mass is 16.5. The summed E-state index contributed by atoms with van der Waals surface area (Å²) in [6.07, 6.45) is 3.36. The lowest BCUT2D eigenvalue weighted by molar-refractivity contribution is -0.156. The molecule has 0 aromatic carbocycles. The molecule has 5 nitrogen and oxygen atoms in total. The van der Waals surface area contributed by atoms with Crippen LogP contribution in [0.25, 0.3) is 0 Å². The van der Waals surface area contributed by atoms with E-state index in [1.807, 2.05) is 7.05 Å². The maximum Gasteiger partial charge on any atom is 0.305 e. The van der Waals surface area contributed by atoms with E-state index in [2.05, 4.69) is 5.32 Å². The molecule has 0 amide bonds. The first kappa shape index (κ1) is 14.4. The Balaban J connectivity index is 2.01. The normalized spacial score (nSPS) is 17.5. The van der Waals surface area contributed by atoms with Crippen molar-refractivity contribution in [2.24, 2.45) is 0 Å². The maximum atomic E-state index is 11.5. The van der Waals surface area contributed by atoms with Crippen molar-refractivity contribution in [2.45, 2.75) is 31.2 Å². The van der Waals surface area contributed by atoms with Gasteiger partial charge in [0, 0.05) is 20.1 Å². The molecular formula is C12H23NO4. The number of unbranched alkanes of at least 4 members (excludes halogenated alkanes) is 2. The number of hydrogen-bond donors (Lipinski definition) is 1. The number of nitrogens with one attached hydrogen (secondary N) is 1. The number of carbonyl (C=O) groups excluding carboxylic acids is 1. The molecule has 100 valence electrons. The van der Waals surface area contributed by atoms with E-state index in [9.17, 15) is 4.79 Å². The van der Waals surface area contributed by atoms with Crippen LogP contribution in [0.4, 0.5) is 0 Å². The van der Waals surface area contributed by atoms with Gasteiger partial charge in [-0.2, -0.15) is 0 Å². The highest BCUT2D eigenvalue weighted by Crippen LogP contribution is 2.17. The largest absolute Gasteiger partial charge is 0.464 e. The summed E-state index contributed by atoms with van der Waals surface area (Å²) in [6, 6.07) is 0. The molecule has 0 aromatic rings. The maximum absolute atomic E-state index is 11.5. The zero-order valence-corrected chi connectivity index (χ0v) is 10.8. The van der Waals surface area contributed by atoms with E-state index in [4.69, 9.17) is 14.2 Å². The van der Waals surface area contributed by atoms with Gasteiger partial charge >= 0.3 is 5.97 Å². The smallest absolute Gasteiger partial charge is 0.305 e. The van der Waals surface area contributed by atoms with Gasteiger partial charge in [0.1, 0.15) is 6.61 Å². The summed E-state index contributed by atoms with van der Waals surface area (Å²) in [5, 5.41) is 3.14. The van der Waals surface area contributed by atoms with E-state index in [-0.39, 0.29) is 11.5 Å². The molecule has 0 atom stereocenters. The van der Waals surface area contributed by atoms with Crippen LogP contribution in [0.1, 0.15) is 25.7 Å². The third-order valence-electron chi connectivity index (χ3n) is 3.03. The lowest BCUT2D eigenvalue weighted by Gasteiger charge is -2.40. The molecule has 0 saturated carbocycles. The summed E-state index contributed by atoms with van der Waals surface area (Å²) in [5.41, 5.74) is -0.147. The lowest BCUT2D eigenvalue weighted by atomic mass is 9.99. The average molecular weight is 245 g/mol. The third kappa shape index (κ3) is 5.02. The van der Waals surface area contributed by atoms with E-state index >= 15 is 0 Å². The first-order valence-electron chi connectivity index (χ1n) is 6.14. The van der Waals surface area contributed by atoms with Crippen molar-refractivity contribution < 1.29 is 19.0 Å². The van der Waals surface area contributed by atoms with Gasteiger partial charge in [0.25, 0.3) is 0 Å². The van der Waals surface area contributed by atoms with Gasteiger partial charge in [-0.1, -0.05) is 6.42 Å². The van der Waals surface area contributed by atoms with Crippen LogP contribution in [0.2, 0.25) is 0 Å². The number of hydrogen-bond acceptors (Lipinski definition) is 5. The van der Waals surface area contributed by atoms with Crippen molar-refractivity contribution in [1.29, 1.82) is 0 Å². The molecule has 1 fully saturated rings. The highest BCUT2D eigenvalue weighted by Gasteiger charge is 2.38. The minimum atomic E-state index is -0.147. The van der Waals surface area contributed by atoms with Crippen molar-refractivity contribution in [3.05, 3.63) is 0 Å². The van der Waals surface area contributed by atoms with Gasteiger partial charge in [-0.05, 0) is 19.9 Å². The molecule has 17 heavy (non-hydrogen) atoms. The monoisotopic (exact) mass is 245 g/mol. The van der Waals surface area contributed by atoms with Gasteiger partial charge in [0.2, 0.25) is 0 Å². The quantitative estimate of drug-likeness (QED) is 0.479. The molecular weight excluding hydrogens is 222 g/mol. The predicted molar refractivity (Wildman–Crippen MR) is 63.9 cm³/mol. The van der Waals surface area contributed by atoms with Crippen LogP contribution in [-0.4, -0.2) is 52.1 Å². The number of rotatable bonds is 9. The van der Waals surface area contributed by atoms with Gasteiger partial charge in [0.05, 0.1) is 18.8 Å². The summed E-state index contributed by atoms with van der Waals surface area (Å²) in [5.74, 6) is -0.121. The Hall–Kier alpha value is -0.650. The molecule has 0 radical (unpaired) electrons. The molecule has 1 aliphatic heterocycles. The number of likely N-dealkylation sites (N-methyl/N-ethyl adjacent to an activating group) is 1. The van der Waals surface area contributed by atoms with E-state index in [0.717, 1.165) is 25.9 Å². The first-order chi connectivity index (χ1) is 8.22. The third-order valence-corrected chi connectivity index (χ3v) is 3.03. The molecule has 0 bridgehead atoms. The second-order valence-corrected chi connectivity index (χ2v) is 4.49. The Bertz CT molecular complexity index is 223. The molecule has 1 N–H and O–H groups in total. The fourth-order valence-corrected chi connectivity index (χ4v) is 1.63. The van der Waals surface area contributed by atoms with Gasteiger partial charge in [-0.3, -0.25) is 4.79 Å². The number of esters is 1. The summed E-state index contributed by atoms with van der Waals surface area (Å²) in [4.78, 5) is 11.5. The molecule has 0 spiro atoms. The SMILES string of the molecule is CNC1(COC(=O)CCCCCOC)COC1. The van der Waals surface area contributed by atoms with E-state index in [1.54, 1.807) is 7.11 Å². The molecule has 0 unspecified atom stereocenters. The van der Waals surface area contributed by atoms with Gasteiger partial charge in [-0.15, -0.1) is 0 Å². The second kappa shape index (κ2) is 7.63. The van der Waals surface area contributed by atoms with Gasteiger partial charge in [-0.25, -0.2) is 0 Å². The molecule has 0 aliphatic carbocycles. The van der Waals surface area contributed by atoms with E-state index in [0.29, 0.717) is 26.2 Å². The van der Waals surface area contributed by atoms with Gasteiger partial charge < -0.3 is 19.5 Å².